The molecule has 4 heteroatoms. The van der Waals surface area contributed by atoms with Gasteiger partial charge in [0.05, 0.1) is 12.1 Å². The molecule has 1 N–H and O–H groups in total. The fourth-order valence-electron chi connectivity index (χ4n) is 1.49. The number of hydrogen-bond acceptors (Lipinski definition) is 3. The van der Waals surface area contributed by atoms with Crippen molar-refractivity contribution in [3.63, 3.8) is 0 Å². The third-order valence-electron chi connectivity index (χ3n) is 2.92. The molecule has 88 valence electrons. The molecule has 0 aromatic carbocycles. The topological polar surface area (TPSA) is 45.2 Å². The van der Waals surface area contributed by atoms with Gasteiger partial charge in [0, 0.05) is 19.4 Å². The normalized spacial score (nSPS) is 14.2. The number of amides is 1. The number of carbonyl (C=O) groups is 1. The van der Waals surface area contributed by atoms with Crippen LogP contribution in [0.2, 0.25) is 0 Å². The van der Waals surface area contributed by atoms with Crippen molar-refractivity contribution in [2.45, 2.75) is 25.9 Å². The average molecular weight is 221 g/mol. The highest BCUT2D eigenvalue weighted by molar-refractivity contribution is 5.81. The molecule has 1 aromatic rings. The van der Waals surface area contributed by atoms with Crippen LogP contribution in [-0.2, 0) is 4.79 Å². The summed E-state index contributed by atoms with van der Waals surface area (Å²) in [5.41, 5.74) is 1.09. The summed E-state index contributed by atoms with van der Waals surface area (Å²) in [5.74, 6) is 0.0896. The van der Waals surface area contributed by atoms with Crippen LogP contribution < -0.4 is 5.32 Å². The van der Waals surface area contributed by atoms with E-state index in [9.17, 15) is 4.79 Å². The predicted octanol–water partition coefficient (Wildman–Crippen LogP) is 1.21. The minimum absolute atomic E-state index is 0.0614. The molecular weight excluding hydrogens is 202 g/mol. The van der Waals surface area contributed by atoms with Gasteiger partial charge in [-0.05, 0) is 38.6 Å². The molecule has 1 amide bonds. The largest absolute Gasteiger partial charge is 0.338 e. The van der Waals surface area contributed by atoms with Crippen molar-refractivity contribution in [1.29, 1.82) is 0 Å². The second-order valence-corrected chi connectivity index (χ2v) is 3.92. The molecular formula is C12H19N3O. The van der Waals surface area contributed by atoms with Crippen LogP contribution in [0, 0.1) is 0 Å². The molecule has 2 unspecified atom stereocenters. The van der Waals surface area contributed by atoms with Gasteiger partial charge in [-0.1, -0.05) is 0 Å². The molecule has 0 radical (unpaired) electrons. The molecule has 16 heavy (non-hydrogen) atoms. The smallest absolute Gasteiger partial charge is 0.239 e. The Balaban J connectivity index is 2.75. The van der Waals surface area contributed by atoms with Crippen LogP contribution in [0.5, 0.6) is 0 Å². The summed E-state index contributed by atoms with van der Waals surface area (Å²) < 4.78 is 0. The second kappa shape index (κ2) is 5.61. The van der Waals surface area contributed by atoms with E-state index in [4.69, 9.17) is 0 Å². The van der Waals surface area contributed by atoms with Gasteiger partial charge in [-0.3, -0.25) is 9.78 Å². The number of nitrogens with one attached hydrogen (secondary N) is 1. The van der Waals surface area contributed by atoms with Gasteiger partial charge in [-0.25, -0.2) is 0 Å². The van der Waals surface area contributed by atoms with Crippen LogP contribution in [-0.4, -0.2) is 35.9 Å². The highest BCUT2D eigenvalue weighted by atomic mass is 16.2. The van der Waals surface area contributed by atoms with Crippen LogP contribution >= 0.6 is 0 Å². The summed E-state index contributed by atoms with van der Waals surface area (Å²) in [6, 6.07) is 3.76. The van der Waals surface area contributed by atoms with Crippen LogP contribution in [0.25, 0.3) is 0 Å². The van der Waals surface area contributed by atoms with Gasteiger partial charge >= 0.3 is 0 Å². The molecule has 2 atom stereocenters. The molecule has 0 bridgehead atoms. The minimum Gasteiger partial charge on any atom is -0.338 e. The number of pyridine rings is 1. The standard InChI is InChI=1S/C12H19N3O/c1-9(13-3)12(16)15(4)10(2)11-5-7-14-8-6-11/h5-10,13H,1-4H3. The Labute approximate surface area is 96.7 Å². The summed E-state index contributed by atoms with van der Waals surface area (Å²) in [5, 5.41) is 2.95. The zero-order chi connectivity index (χ0) is 12.1. The number of rotatable bonds is 4. The molecule has 1 rings (SSSR count). The zero-order valence-corrected chi connectivity index (χ0v) is 10.3. The van der Waals surface area contributed by atoms with Crippen molar-refractivity contribution in [3.8, 4) is 0 Å². The van der Waals surface area contributed by atoms with Crippen LogP contribution in [0.3, 0.4) is 0 Å². The summed E-state index contributed by atoms with van der Waals surface area (Å²) >= 11 is 0. The van der Waals surface area contributed by atoms with E-state index in [1.165, 1.54) is 0 Å². The fraction of sp³-hybridized carbons (Fsp3) is 0.500. The van der Waals surface area contributed by atoms with Crippen molar-refractivity contribution >= 4 is 5.91 Å². The molecule has 0 fully saturated rings. The monoisotopic (exact) mass is 221 g/mol. The third-order valence-corrected chi connectivity index (χ3v) is 2.92. The van der Waals surface area contributed by atoms with Crippen molar-refractivity contribution in [2.75, 3.05) is 14.1 Å². The summed E-state index contributed by atoms with van der Waals surface area (Å²) in [6.45, 7) is 3.87. The van der Waals surface area contributed by atoms with E-state index in [0.717, 1.165) is 5.56 Å². The molecule has 0 spiro atoms. The van der Waals surface area contributed by atoms with Gasteiger partial charge in [0.2, 0.25) is 5.91 Å². The van der Waals surface area contributed by atoms with Gasteiger partial charge in [-0.15, -0.1) is 0 Å². The molecule has 4 nitrogen and oxygen atoms in total. The van der Waals surface area contributed by atoms with Crippen molar-refractivity contribution in [2.24, 2.45) is 0 Å². The third kappa shape index (κ3) is 2.79. The Bertz CT molecular complexity index is 339. The first kappa shape index (κ1) is 12.6. The number of likely N-dealkylation sites (N-methyl/N-ethyl adjacent to an activating group) is 2. The first-order valence-electron chi connectivity index (χ1n) is 5.41. The van der Waals surface area contributed by atoms with E-state index in [-0.39, 0.29) is 18.0 Å². The lowest BCUT2D eigenvalue weighted by molar-refractivity contribution is -0.133. The molecule has 1 heterocycles. The lowest BCUT2D eigenvalue weighted by atomic mass is 10.1. The SMILES string of the molecule is CNC(C)C(=O)N(C)C(C)c1ccncc1. The van der Waals surface area contributed by atoms with Crippen molar-refractivity contribution in [3.05, 3.63) is 30.1 Å². The number of carbonyl (C=O) groups excluding carboxylic acids is 1. The maximum Gasteiger partial charge on any atom is 0.239 e. The Hall–Kier alpha value is -1.42. The van der Waals surface area contributed by atoms with Gasteiger partial charge < -0.3 is 10.2 Å². The number of nitrogens with zero attached hydrogens (tertiary/aromatic N) is 2. The van der Waals surface area contributed by atoms with E-state index in [1.807, 2.05) is 33.0 Å². The first-order valence-corrected chi connectivity index (χ1v) is 5.41. The second-order valence-electron chi connectivity index (χ2n) is 3.92. The Kier molecular flexibility index (Phi) is 4.43. The van der Waals surface area contributed by atoms with Crippen LogP contribution in [0.1, 0.15) is 25.5 Å². The lowest BCUT2D eigenvalue weighted by Gasteiger charge is -2.27. The fourth-order valence-corrected chi connectivity index (χ4v) is 1.49. The van der Waals surface area contributed by atoms with E-state index in [0.29, 0.717) is 0 Å². The lowest BCUT2D eigenvalue weighted by Crippen LogP contribution is -2.42. The average Bonchev–Trinajstić information content (AvgIpc) is 2.36. The molecule has 0 aliphatic carbocycles. The Morgan fingerprint density at radius 2 is 1.94 bits per heavy atom. The number of aromatic nitrogens is 1. The minimum atomic E-state index is -0.158. The highest BCUT2D eigenvalue weighted by Gasteiger charge is 2.21. The maximum atomic E-state index is 11.9. The van der Waals surface area contributed by atoms with E-state index in [2.05, 4.69) is 10.3 Å². The van der Waals surface area contributed by atoms with Crippen molar-refractivity contribution in [1.82, 2.24) is 15.2 Å². The van der Waals surface area contributed by atoms with Crippen molar-refractivity contribution < 1.29 is 4.79 Å². The molecule has 0 saturated carbocycles. The zero-order valence-electron chi connectivity index (χ0n) is 10.3. The van der Waals surface area contributed by atoms with Crippen LogP contribution in [0.15, 0.2) is 24.5 Å². The Morgan fingerprint density at radius 1 is 1.38 bits per heavy atom. The molecule has 1 aromatic heterocycles. The van der Waals surface area contributed by atoms with E-state index in [1.54, 1.807) is 24.3 Å². The quantitative estimate of drug-likeness (QED) is 0.831. The summed E-state index contributed by atoms with van der Waals surface area (Å²) in [6.07, 6.45) is 3.48. The van der Waals surface area contributed by atoms with Crippen LogP contribution in [0.4, 0.5) is 0 Å². The molecule has 0 aliphatic heterocycles. The molecule has 0 aliphatic rings. The Morgan fingerprint density at radius 3 is 2.44 bits per heavy atom. The maximum absolute atomic E-state index is 11.9. The van der Waals surface area contributed by atoms with E-state index < -0.39 is 0 Å². The van der Waals surface area contributed by atoms with Gasteiger partial charge in [0.1, 0.15) is 0 Å². The van der Waals surface area contributed by atoms with Gasteiger partial charge in [0.15, 0.2) is 0 Å². The first-order chi connectivity index (χ1) is 7.57. The predicted molar refractivity (Wildman–Crippen MR) is 63.9 cm³/mol. The highest BCUT2D eigenvalue weighted by Crippen LogP contribution is 2.18. The number of hydrogen-bond donors (Lipinski definition) is 1. The summed E-state index contributed by atoms with van der Waals surface area (Å²) in [4.78, 5) is 17.7. The van der Waals surface area contributed by atoms with Gasteiger partial charge in [-0.2, -0.15) is 0 Å². The van der Waals surface area contributed by atoms with E-state index >= 15 is 0 Å². The summed E-state index contributed by atoms with van der Waals surface area (Å²) in [7, 11) is 3.61. The molecule has 0 saturated heterocycles. The van der Waals surface area contributed by atoms with Gasteiger partial charge in [0.25, 0.3) is 0 Å².